The lowest BCUT2D eigenvalue weighted by Gasteiger charge is -2.17. The minimum Gasteiger partial charge on any atom is -0.367 e. The first kappa shape index (κ1) is 14.8. The van der Waals surface area contributed by atoms with Crippen LogP contribution >= 0.6 is 0 Å². The molecular formula is C18H24N4. The molecule has 0 amide bonds. The van der Waals surface area contributed by atoms with Crippen LogP contribution in [0.15, 0.2) is 36.7 Å². The molecular weight excluding hydrogens is 272 g/mol. The second-order valence-corrected chi connectivity index (χ2v) is 6.06. The maximum atomic E-state index is 4.37. The van der Waals surface area contributed by atoms with Crippen molar-refractivity contribution in [2.75, 3.05) is 10.6 Å². The van der Waals surface area contributed by atoms with Crippen molar-refractivity contribution < 1.29 is 0 Å². The Kier molecular flexibility index (Phi) is 4.88. The van der Waals surface area contributed by atoms with E-state index >= 15 is 0 Å². The second-order valence-electron chi connectivity index (χ2n) is 6.06. The molecule has 2 N–H and O–H groups in total. The third-order valence-corrected chi connectivity index (χ3v) is 4.28. The zero-order valence-corrected chi connectivity index (χ0v) is 13.2. The molecule has 0 spiro atoms. The Hall–Kier alpha value is -2.10. The van der Waals surface area contributed by atoms with E-state index in [9.17, 15) is 0 Å². The summed E-state index contributed by atoms with van der Waals surface area (Å²) in [5, 5.41) is 6.94. The molecule has 0 aliphatic heterocycles. The molecule has 1 fully saturated rings. The van der Waals surface area contributed by atoms with Crippen LogP contribution in [-0.2, 0) is 0 Å². The molecule has 4 nitrogen and oxygen atoms in total. The topological polar surface area (TPSA) is 49.8 Å². The second kappa shape index (κ2) is 7.25. The van der Waals surface area contributed by atoms with Crippen LogP contribution in [0, 0.1) is 6.92 Å². The average Bonchev–Trinajstić information content (AvgIpc) is 2.79. The molecule has 3 rings (SSSR count). The van der Waals surface area contributed by atoms with E-state index in [0.717, 1.165) is 17.3 Å². The number of benzene rings is 1. The Balaban J connectivity index is 1.68. The van der Waals surface area contributed by atoms with Gasteiger partial charge in [-0.3, -0.25) is 0 Å². The molecule has 2 aromatic rings. The van der Waals surface area contributed by atoms with Crippen molar-refractivity contribution in [1.82, 2.24) is 9.97 Å². The summed E-state index contributed by atoms with van der Waals surface area (Å²) in [5.41, 5.74) is 2.29. The summed E-state index contributed by atoms with van der Waals surface area (Å²) in [4.78, 5) is 8.69. The molecule has 4 heteroatoms. The van der Waals surface area contributed by atoms with E-state index in [2.05, 4.69) is 39.7 Å². The van der Waals surface area contributed by atoms with Gasteiger partial charge in [0.1, 0.15) is 18.0 Å². The molecule has 0 atom stereocenters. The average molecular weight is 296 g/mol. The lowest BCUT2D eigenvalue weighted by atomic mass is 10.1. The minimum atomic E-state index is 0.545. The predicted octanol–water partition coefficient (Wildman–Crippen LogP) is 4.66. The van der Waals surface area contributed by atoms with Gasteiger partial charge in [0.05, 0.1) is 0 Å². The van der Waals surface area contributed by atoms with Crippen molar-refractivity contribution in [2.45, 2.75) is 51.5 Å². The zero-order valence-electron chi connectivity index (χ0n) is 13.2. The van der Waals surface area contributed by atoms with Gasteiger partial charge in [0.2, 0.25) is 0 Å². The molecule has 1 aromatic carbocycles. The third kappa shape index (κ3) is 3.97. The SMILES string of the molecule is Cc1ccccc1Nc1cc(NC2CCCCCC2)ncn1. The van der Waals surface area contributed by atoms with Crippen LogP contribution in [0.25, 0.3) is 0 Å². The van der Waals surface area contributed by atoms with Gasteiger partial charge < -0.3 is 10.6 Å². The van der Waals surface area contributed by atoms with Crippen LogP contribution in [0.1, 0.15) is 44.1 Å². The van der Waals surface area contributed by atoms with Gasteiger partial charge in [-0.1, -0.05) is 43.9 Å². The lowest BCUT2D eigenvalue weighted by Crippen LogP contribution is -2.19. The lowest BCUT2D eigenvalue weighted by molar-refractivity contribution is 0.617. The monoisotopic (exact) mass is 296 g/mol. The highest BCUT2D eigenvalue weighted by molar-refractivity contribution is 5.62. The van der Waals surface area contributed by atoms with Gasteiger partial charge >= 0.3 is 0 Å². The van der Waals surface area contributed by atoms with Crippen LogP contribution in [-0.4, -0.2) is 16.0 Å². The highest BCUT2D eigenvalue weighted by Crippen LogP contribution is 2.23. The summed E-state index contributed by atoms with van der Waals surface area (Å²) < 4.78 is 0. The molecule has 116 valence electrons. The summed E-state index contributed by atoms with van der Waals surface area (Å²) in [7, 11) is 0. The fourth-order valence-electron chi connectivity index (χ4n) is 2.99. The molecule has 1 aliphatic rings. The number of para-hydroxylation sites is 1. The number of aryl methyl sites for hydroxylation is 1. The Bertz CT molecular complexity index is 604. The van der Waals surface area contributed by atoms with E-state index in [0.29, 0.717) is 6.04 Å². The highest BCUT2D eigenvalue weighted by atomic mass is 15.1. The summed E-state index contributed by atoms with van der Waals surface area (Å²) in [5.74, 6) is 1.75. The smallest absolute Gasteiger partial charge is 0.135 e. The highest BCUT2D eigenvalue weighted by Gasteiger charge is 2.12. The number of hydrogen-bond acceptors (Lipinski definition) is 4. The first-order valence-corrected chi connectivity index (χ1v) is 8.22. The van der Waals surface area contributed by atoms with Crippen molar-refractivity contribution in [1.29, 1.82) is 0 Å². The van der Waals surface area contributed by atoms with Crippen LogP contribution in [0.5, 0.6) is 0 Å². The maximum absolute atomic E-state index is 4.37. The molecule has 0 unspecified atom stereocenters. The quantitative estimate of drug-likeness (QED) is 0.805. The van der Waals surface area contributed by atoms with Gasteiger partial charge in [-0.2, -0.15) is 0 Å². The van der Waals surface area contributed by atoms with Gasteiger partial charge in [0.25, 0.3) is 0 Å². The van der Waals surface area contributed by atoms with E-state index in [-0.39, 0.29) is 0 Å². The normalized spacial score (nSPS) is 16.0. The zero-order chi connectivity index (χ0) is 15.2. The van der Waals surface area contributed by atoms with Crippen LogP contribution in [0.2, 0.25) is 0 Å². The van der Waals surface area contributed by atoms with Crippen LogP contribution < -0.4 is 10.6 Å². The minimum absolute atomic E-state index is 0.545. The molecule has 0 bridgehead atoms. The van der Waals surface area contributed by atoms with Gasteiger partial charge in [-0.05, 0) is 31.4 Å². The van der Waals surface area contributed by atoms with E-state index in [4.69, 9.17) is 0 Å². The molecule has 0 radical (unpaired) electrons. The van der Waals surface area contributed by atoms with E-state index in [1.165, 1.54) is 44.1 Å². The Morgan fingerprint density at radius 2 is 1.68 bits per heavy atom. The first-order chi connectivity index (χ1) is 10.8. The number of aromatic nitrogens is 2. The van der Waals surface area contributed by atoms with Gasteiger partial charge in [-0.15, -0.1) is 0 Å². The molecule has 1 aromatic heterocycles. The third-order valence-electron chi connectivity index (χ3n) is 4.28. The summed E-state index contributed by atoms with van der Waals surface area (Å²) in [6.07, 6.45) is 9.47. The maximum Gasteiger partial charge on any atom is 0.135 e. The largest absolute Gasteiger partial charge is 0.367 e. The Morgan fingerprint density at radius 3 is 2.45 bits per heavy atom. The Labute approximate surface area is 132 Å². The van der Waals surface area contributed by atoms with Gasteiger partial charge in [-0.25, -0.2) is 9.97 Å². The summed E-state index contributed by atoms with van der Waals surface area (Å²) in [6, 6.07) is 10.8. The predicted molar refractivity (Wildman–Crippen MR) is 91.6 cm³/mol. The fourth-order valence-corrected chi connectivity index (χ4v) is 2.99. The summed E-state index contributed by atoms with van der Waals surface area (Å²) >= 11 is 0. The molecule has 0 saturated heterocycles. The fraction of sp³-hybridized carbons (Fsp3) is 0.444. The standard InChI is InChI=1S/C18H24N4/c1-14-8-6-7-11-16(14)22-18-12-17(19-13-20-18)21-15-9-4-2-3-5-10-15/h6-8,11-13,15H,2-5,9-10H2,1H3,(H2,19,20,21,22). The number of nitrogens with one attached hydrogen (secondary N) is 2. The van der Waals surface area contributed by atoms with E-state index < -0.39 is 0 Å². The van der Waals surface area contributed by atoms with Crippen molar-refractivity contribution in [3.05, 3.63) is 42.2 Å². The molecule has 1 saturated carbocycles. The first-order valence-electron chi connectivity index (χ1n) is 8.22. The van der Waals surface area contributed by atoms with Crippen molar-refractivity contribution in [3.63, 3.8) is 0 Å². The molecule has 1 heterocycles. The number of hydrogen-bond donors (Lipinski definition) is 2. The number of anilines is 3. The Morgan fingerprint density at radius 1 is 0.955 bits per heavy atom. The van der Waals surface area contributed by atoms with E-state index in [1.54, 1.807) is 6.33 Å². The molecule has 22 heavy (non-hydrogen) atoms. The number of rotatable bonds is 4. The van der Waals surface area contributed by atoms with Crippen molar-refractivity contribution >= 4 is 17.3 Å². The number of nitrogens with zero attached hydrogens (tertiary/aromatic N) is 2. The van der Waals surface area contributed by atoms with Crippen molar-refractivity contribution in [3.8, 4) is 0 Å². The van der Waals surface area contributed by atoms with Gasteiger partial charge in [0.15, 0.2) is 0 Å². The van der Waals surface area contributed by atoms with Gasteiger partial charge in [0, 0.05) is 17.8 Å². The van der Waals surface area contributed by atoms with Crippen LogP contribution in [0.3, 0.4) is 0 Å². The summed E-state index contributed by atoms with van der Waals surface area (Å²) in [6.45, 7) is 2.09. The van der Waals surface area contributed by atoms with E-state index in [1.807, 2.05) is 18.2 Å². The molecule has 1 aliphatic carbocycles. The van der Waals surface area contributed by atoms with Crippen molar-refractivity contribution in [2.24, 2.45) is 0 Å². The van der Waals surface area contributed by atoms with Crippen LogP contribution in [0.4, 0.5) is 17.3 Å².